The van der Waals surface area contributed by atoms with Crippen molar-refractivity contribution in [1.82, 2.24) is 0 Å². The molecule has 15 heavy (non-hydrogen) atoms. The van der Waals surface area contributed by atoms with Gasteiger partial charge in [-0.2, -0.15) is 0 Å². The van der Waals surface area contributed by atoms with Gasteiger partial charge >= 0.3 is 0 Å². The van der Waals surface area contributed by atoms with Crippen LogP contribution in [0.2, 0.25) is 0 Å². The van der Waals surface area contributed by atoms with Crippen LogP contribution in [0, 0.1) is 0 Å². The molecule has 1 aromatic carbocycles. The number of nitrogens with one attached hydrogen (secondary N) is 1. The van der Waals surface area contributed by atoms with Crippen LogP contribution in [0.15, 0.2) is 24.3 Å². The fourth-order valence-corrected chi connectivity index (χ4v) is 1.05. The van der Waals surface area contributed by atoms with E-state index < -0.39 is 6.10 Å². The van der Waals surface area contributed by atoms with E-state index in [0.717, 1.165) is 5.69 Å². The Morgan fingerprint density at radius 1 is 1.47 bits per heavy atom. The van der Waals surface area contributed by atoms with E-state index in [1.165, 1.54) is 6.92 Å². The highest BCUT2D eigenvalue weighted by Crippen LogP contribution is 2.15. The van der Waals surface area contributed by atoms with Crippen molar-refractivity contribution in [1.29, 1.82) is 0 Å². The summed E-state index contributed by atoms with van der Waals surface area (Å²) in [7, 11) is 0. The van der Waals surface area contributed by atoms with E-state index in [4.69, 9.17) is 9.84 Å². The topological polar surface area (TPSA) is 58.6 Å². The molecule has 0 spiro atoms. The van der Waals surface area contributed by atoms with Gasteiger partial charge < -0.3 is 15.2 Å². The first-order valence-electron chi connectivity index (χ1n) is 4.76. The predicted octanol–water partition coefficient (Wildman–Crippen LogP) is 1.40. The Morgan fingerprint density at radius 2 is 2.07 bits per heavy atom. The summed E-state index contributed by atoms with van der Waals surface area (Å²) in [6.07, 6.45) is -0.486. The number of hydrogen-bond donors (Lipinski definition) is 2. The number of carbonyl (C=O) groups is 1. The Balaban J connectivity index is 2.52. The van der Waals surface area contributed by atoms with E-state index in [2.05, 4.69) is 5.32 Å². The number of ether oxygens (including phenoxy) is 1. The summed E-state index contributed by atoms with van der Waals surface area (Å²) in [4.78, 5) is 10.7. The van der Waals surface area contributed by atoms with Gasteiger partial charge in [-0.15, -0.1) is 0 Å². The second-order valence-electron chi connectivity index (χ2n) is 3.37. The summed E-state index contributed by atoms with van der Waals surface area (Å²) in [5.41, 5.74) is 0.729. The molecule has 0 aliphatic carbocycles. The molecule has 1 atom stereocenters. The molecule has 82 valence electrons. The molecule has 4 nitrogen and oxygen atoms in total. The summed E-state index contributed by atoms with van der Waals surface area (Å²) >= 11 is 0. The van der Waals surface area contributed by atoms with E-state index in [1.54, 1.807) is 31.2 Å². The summed E-state index contributed by atoms with van der Waals surface area (Å²) in [5, 5.41) is 11.7. The van der Waals surface area contributed by atoms with Gasteiger partial charge in [-0.1, -0.05) is 0 Å². The molecule has 2 N–H and O–H groups in total. The molecule has 0 bridgehead atoms. The minimum atomic E-state index is -0.486. The number of rotatable bonds is 4. The Kier molecular flexibility index (Phi) is 4.12. The molecule has 0 aliphatic heterocycles. The molecule has 0 heterocycles. The van der Waals surface area contributed by atoms with Gasteiger partial charge in [-0.3, -0.25) is 4.79 Å². The van der Waals surface area contributed by atoms with Crippen molar-refractivity contribution in [2.45, 2.75) is 20.0 Å². The van der Waals surface area contributed by atoms with Crippen LogP contribution in [0.3, 0.4) is 0 Å². The zero-order valence-electron chi connectivity index (χ0n) is 8.86. The van der Waals surface area contributed by atoms with Gasteiger partial charge in [0.05, 0.1) is 6.10 Å². The van der Waals surface area contributed by atoms with Crippen LogP contribution in [0.1, 0.15) is 13.8 Å². The highest BCUT2D eigenvalue weighted by Gasteiger charge is 1.99. The monoisotopic (exact) mass is 209 g/mol. The molecular weight excluding hydrogens is 194 g/mol. The summed E-state index contributed by atoms with van der Waals surface area (Å²) in [5.74, 6) is 0.567. The van der Waals surface area contributed by atoms with E-state index in [-0.39, 0.29) is 12.5 Å². The Labute approximate surface area is 88.9 Å². The van der Waals surface area contributed by atoms with Crippen LogP contribution < -0.4 is 10.1 Å². The van der Waals surface area contributed by atoms with Crippen LogP contribution in [0.25, 0.3) is 0 Å². The van der Waals surface area contributed by atoms with Crippen LogP contribution in [0.5, 0.6) is 5.75 Å². The molecule has 1 rings (SSSR count). The molecule has 0 saturated carbocycles. The van der Waals surface area contributed by atoms with Crippen molar-refractivity contribution in [2.75, 3.05) is 11.9 Å². The summed E-state index contributed by atoms with van der Waals surface area (Å²) < 4.78 is 5.26. The normalized spacial score (nSPS) is 11.9. The molecule has 0 aromatic heterocycles. The minimum absolute atomic E-state index is 0.104. The predicted molar refractivity (Wildman–Crippen MR) is 57.9 cm³/mol. The molecule has 0 saturated heterocycles. The largest absolute Gasteiger partial charge is 0.491 e. The lowest BCUT2D eigenvalue weighted by Crippen LogP contribution is -2.12. The second kappa shape index (κ2) is 5.36. The molecular formula is C11H15NO3. The van der Waals surface area contributed by atoms with Crippen LogP contribution in [-0.2, 0) is 4.79 Å². The lowest BCUT2D eigenvalue weighted by Gasteiger charge is -2.08. The molecule has 0 fully saturated rings. The van der Waals surface area contributed by atoms with Gasteiger partial charge in [0.15, 0.2) is 0 Å². The van der Waals surface area contributed by atoms with Gasteiger partial charge in [0.25, 0.3) is 0 Å². The third-order valence-electron chi connectivity index (χ3n) is 1.67. The van der Waals surface area contributed by atoms with Crippen molar-refractivity contribution >= 4 is 11.6 Å². The first-order chi connectivity index (χ1) is 7.08. The van der Waals surface area contributed by atoms with Gasteiger partial charge in [0, 0.05) is 12.6 Å². The van der Waals surface area contributed by atoms with Crippen LogP contribution >= 0.6 is 0 Å². The van der Waals surface area contributed by atoms with Gasteiger partial charge in [-0.05, 0) is 31.2 Å². The highest BCUT2D eigenvalue weighted by molar-refractivity contribution is 5.88. The van der Waals surface area contributed by atoms with Crippen molar-refractivity contribution in [2.24, 2.45) is 0 Å². The Hall–Kier alpha value is -1.55. The number of anilines is 1. The van der Waals surface area contributed by atoms with E-state index in [9.17, 15) is 4.79 Å². The van der Waals surface area contributed by atoms with Gasteiger partial charge in [0.2, 0.25) is 5.91 Å². The Morgan fingerprint density at radius 3 is 2.53 bits per heavy atom. The van der Waals surface area contributed by atoms with Crippen molar-refractivity contribution in [3.8, 4) is 5.75 Å². The molecule has 0 unspecified atom stereocenters. The van der Waals surface area contributed by atoms with E-state index in [0.29, 0.717) is 5.75 Å². The molecule has 4 heteroatoms. The van der Waals surface area contributed by atoms with Crippen LogP contribution in [-0.4, -0.2) is 23.7 Å². The number of hydrogen-bond acceptors (Lipinski definition) is 3. The third-order valence-corrected chi connectivity index (χ3v) is 1.67. The van der Waals surface area contributed by atoms with Crippen molar-refractivity contribution in [3.63, 3.8) is 0 Å². The molecule has 1 aromatic rings. The van der Waals surface area contributed by atoms with E-state index >= 15 is 0 Å². The summed E-state index contributed by atoms with van der Waals surface area (Å²) in [6.45, 7) is 3.38. The van der Waals surface area contributed by atoms with Gasteiger partial charge in [0.1, 0.15) is 12.4 Å². The lowest BCUT2D eigenvalue weighted by molar-refractivity contribution is -0.114. The second-order valence-corrected chi connectivity index (χ2v) is 3.37. The highest BCUT2D eigenvalue weighted by atomic mass is 16.5. The first-order valence-corrected chi connectivity index (χ1v) is 4.76. The quantitative estimate of drug-likeness (QED) is 0.788. The number of amides is 1. The smallest absolute Gasteiger partial charge is 0.221 e. The number of aliphatic hydroxyl groups is 1. The van der Waals surface area contributed by atoms with Crippen LogP contribution in [0.4, 0.5) is 5.69 Å². The maximum Gasteiger partial charge on any atom is 0.221 e. The number of aliphatic hydroxyl groups excluding tert-OH is 1. The van der Waals surface area contributed by atoms with Gasteiger partial charge in [-0.25, -0.2) is 0 Å². The first kappa shape index (κ1) is 11.5. The average Bonchev–Trinajstić information content (AvgIpc) is 2.16. The average molecular weight is 209 g/mol. The number of carbonyl (C=O) groups excluding carboxylic acids is 1. The number of benzene rings is 1. The maximum absolute atomic E-state index is 10.7. The van der Waals surface area contributed by atoms with E-state index in [1.807, 2.05) is 0 Å². The summed E-state index contributed by atoms with van der Waals surface area (Å²) in [6, 6.07) is 6.98. The zero-order chi connectivity index (χ0) is 11.3. The fourth-order valence-electron chi connectivity index (χ4n) is 1.05. The SMILES string of the molecule is CC(=O)Nc1ccc(OC[C@@H](C)O)cc1. The minimum Gasteiger partial charge on any atom is -0.491 e. The maximum atomic E-state index is 10.7. The lowest BCUT2D eigenvalue weighted by atomic mass is 10.3. The molecule has 0 aliphatic rings. The Bertz CT molecular complexity index is 319. The third kappa shape index (κ3) is 4.46. The molecule has 0 radical (unpaired) electrons. The zero-order valence-corrected chi connectivity index (χ0v) is 8.86. The molecule has 1 amide bonds. The van der Waals surface area contributed by atoms with Crippen molar-refractivity contribution < 1.29 is 14.6 Å². The van der Waals surface area contributed by atoms with Crippen molar-refractivity contribution in [3.05, 3.63) is 24.3 Å². The fraction of sp³-hybridized carbons (Fsp3) is 0.364. The standard InChI is InChI=1S/C11H15NO3/c1-8(13)7-15-11-5-3-10(4-6-11)12-9(2)14/h3-6,8,13H,7H2,1-2H3,(H,12,14)/t8-/m1/s1.